The molecule has 1 amide bonds. The average Bonchev–Trinajstić information content (AvgIpc) is 3.05. The molecule has 0 atom stereocenters. The van der Waals surface area contributed by atoms with Crippen molar-refractivity contribution >= 4 is 23.2 Å². The number of nitrogens with one attached hydrogen (secondary N) is 1. The van der Waals surface area contributed by atoms with Crippen molar-refractivity contribution < 1.29 is 14.3 Å². The van der Waals surface area contributed by atoms with Gasteiger partial charge in [-0.2, -0.15) is 0 Å². The minimum atomic E-state index is -0.0942. The maximum Gasteiger partial charge on any atom is 0.256 e. The van der Waals surface area contributed by atoms with Gasteiger partial charge in [-0.3, -0.25) is 9.69 Å². The van der Waals surface area contributed by atoms with Gasteiger partial charge >= 0.3 is 0 Å². The van der Waals surface area contributed by atoms with E-state index in [9.17, 15) is 4.79 Å². The molecular formula is C23H26N2O3. The Morgan fingerprint density at radius 2 is 1.93 bits per heavy atom. The number of fused-ring (bicyclic) bond motifs is 1. The van der Waals surface area contributed by atoms with Crippen molar-refractivity contribution in [3.8, 4) is 11.5 Å². The van der Waals surface area contributed by atoms with Gasteiger partial charge in [0.05, 0.1) is 7.11 Å². The zero-order chi connectivity index (χ0) is 19.3. The van der Waals surface area contributed by atoms with Crippen LogP contribution in [0.3, 0.4) is 0 Å². The van der Waals surface area contributed by atoms with Gasteiger partial charge in [-0.15, -0.1) is 0 Å². The molecule has 4 rings (SSSR count). The topological polar surface area (TPSA) is 50.8 Å². The second-order valence-electron chi connectivity index (χ2n) is 7.21. The summed E-state index contributed by atoms with van der Waals surface area (Å²) in [5, 5.41) is 2.92. The summed E-state index contributed by atoms with van der Waals surface area (Å²) in [6.07, 6.45) is 5.76. The van der Waals surface area contributed by atoms with Crippen LogP contribution in [0.2, 0.25) is 0 Å². The first kappa shape index (κ1) is 18.6. The van der Waals surface area contributed by atoms with Crippen LogP contribution in [-0.4, -0.2) is 44.2 Å². The third-order valence-corrected chi connectivity index (χ3v) is 5.34. The fraction of sp³-hybridized carbons (Fsp3) is 0.348. The number of hydrogen-bond acceptors (Lipinski definition) is 4. The molecule has 1 saturated heterocycles. The van der Waals surface area contributed by atoms with Gasteiger partial charge in [-0.1, -0.05) is 24.6 Å². The van der Waals surface area contributed by atoms with Crippen molar-refractivity contribution in [2.75, 3.05) is 38.7 Å². The fourth-order valence-electron chi connectivity index (χ4n) is 3.80. The van der Waals surface area contributed by atoms with Gasteiger partial charge in [0.1, 0.15) is 18.1 Å². The molecule has 2 heterocycles. The van der Waals surface area contributed by atoms with E-state index in [1.165, 1.54) is 19.3 Å². The van der Waals surface area contributed by atoms with Crippen molar-refractivity contribution in [1.82, 2.24) is 4.90 Å². The van der Waals surface area contributed by atoms with E-state index < -0.39 is 0 Å². The molecule has 0 spiro atoms. The maximum absolute atomic E-state index is 12.5. The number of carbonyl (C=O) groups excluding carboxylic acids is 1. The lowest BCUT2D eigenvalue weighted by atomic mass is 10.0. The first-order valence-corrected chi connectivity index (χ1v) is 9.90. The number of hydrogen-bond donors (Lipinski definition) is 1. The van der Waals surface area contributed by atoms with Crippen LogP contribution in [-0.2, 0) is 4.79 Å². The first-order chi connectivity index (χ1) is 13.7. The normalized spacial score (nSPS) is 18.0. The van der Waals surface area contributed by atoms with E-state index in [1.807, 2.05) is 48.5 Å². The highest BCUT2D eigenvalue weighted by Crippen LogP contribution is 2.35. The number of likely N-dealkylation sites (tertiary alicyclic amines) is 1. The van der Waals surface area contributed by atoms with Crippen LogP contribution in [0, 0.1) is 0 Å². The zero-order valence-corrected chi connectivity index (χ0v) is 16.2. The Bertz CT molecular complexity index is 885. The van der Waals surface area contributed by atoms with Crippen molar-refractivity contribution in [3.63, 3.8) is 0 Å². The molecule has 2 aliphatic heterocycles. The van der Waals surface area contributed by atoms with E-state index in [0.717, 1.165) is 47.9 Å². The molecular weight excluding hydrogens is 352 g/mol. The highest BCUT2D eigenvalue weighted by molar-refractivity contribution is 6.35. The lowest BCUT2D eigenvalue weighted by molar-refractivity contribution is -0.110. The number of nitrogens with zero attached hydrogens (tertiary/aromatic N) is 1. The molecule has 2 aromatic carbocycles. The standard InChI is InChI=1S/C23H26N2O3/c1-27-18-9-10-22(28-14-13-25-11-5-2-6-12-25)17(15-18)16-20-19-7-3-4-8-21(19)24-23(20)26/h3-4,7-10,15-16H,2,5-6,11-14H2,1H3,(H,24,26). The van der Waals surface area contributed by atoms with Gasteiger partial charge in [0, 0.05) is 28.9 Å². The number of ether oxygens (including phenoxy) is 2. The van der Waals surface area contributed by atoms with Crippen LogP contribution >= 0.6 is 0 Å². The second kappa shape index (κ2) is 8.48. The molecule has 1 N–H and O–H groups in total. The van der Waals surface area contributed by atoms with Gasteiger partial charge < -0.3 is 14.8 Å². The highest BCUT2D eigenvalue weighted by atomic mass is 16.5. The number of piperidine rings is 1. The van der Waals surface area contributed by atoms with Crippen LogP contribution < -0.4 is 14.8 Å². The fourth-order valence-corrected chi connectivity index (χ4v) is 3.80. The van der Waals surface area contributed by atoms with Crippen LogP contribution in [0.4, 0.5) is 5.69 Å². The molecule has 146 valence electrons. The average molecular weight is 378 g/mol. The molecule has 0 aromatic heterocycles. The monoisotopic (exact) mass is 378 g/mol. The summed E-state index contributed by atoms with van der Waals surface area (Å²) >= 11 is 0. The van der Waals surface area contributed by atoms with Gasteiger partial charge in [-0.25, -0.2) is 0 Å². The number of para-hydroxylation sites is 1. The number of carbonyl (C=O) groups is 1. The minimum Gasteiger partial charge on any atom is -0.497 e. The Morgan fingerprint density at radius 1 is 1.11 bits per heavy atom. The number of benzene rings is 2. The predicted molar refractivity (Wildman–Crippen MR) is 112 cm³/mol. The SMILES string of the molecule is COc1ccc(OCCN2CCCCC2)c(C=C2C(=O)Nc3ccccc32)c1. The molecule has 1 fully saturated rings. The summed E-state index contributed by atoms with van der Waals surface area (Å²) in [4.78, 5) is 14.9. The van der Waals surface area contributed by atoms with E-state index in [1.54, 1.807) is 7.11 Å². The van der Waals surface area contributed by atoms with Crippen LogP contribution in [0.1, 0.15) is 30.4 Å². The Labute approximate surface area is 165 Å². The third kappa shape index (κ3) is 4.04. The molecule has 5 heteroatoms. The Morgan fingerprint density at radius 3 is 2.75 bits per heavy atom. The largest absolute Gasteiger partial charge is 0.497 e. The van der Waals surface area contributed by atoms with E-state index in [4.69, 9.17) is 9.47 Å². The first-order valence-electron chi connectivity index (χ1n) is 9.90. The lowest BCUT2D eigenvalue weighted by Crippen LogP contribution is -2.33. The smallest absolute Gasteiger partial charge is 0.256 e. The number of methoxy groups -OCH3 is 1. The van der Waals surface area contributed by atoms with Gasteiger partial charge in [0.25, 0.3) is 5.91 Å². The molecule has 5 nitrogen and oxygen atoms in total. The summed E-state index contributed by atoms with van der Waals surface area (Å²) < 4.78 is 11.5. The van der Waals surface area contributed by atoms with Crippen LogP contribution in [0.5, 0.6) is 11.5 Å². The van der Waals surface area contributed by atoms with Gasteiger partial charge in [-0.05, 0) is 56.3 Å². The van der Waals surface area contributed by atoms with Crippen molar-refractivity contribution in [2.24, 2.45) is 0 Å². The number of rotatable bonds is 6. The second-order valence-corrected chi connectivity index (χ2v) is 7.21. The van der Waals surface area contributed by atoms with Crippen LogP contribution in [0.25, 0.3) is 11.6 Å². The Kier molecular flexibility index (Phi) is 5.63. The summed E-state index contributed by atoms with van der Waals surface area (Å²) in [5.74, 6) is 1.41. The molecule has 0 aliphatic carbocycles. The van der Waals surface area contributed by atoms with Gasteiger partial charge in [0.2, 0.25) is 0 Å². The predicted octanol–water partition coefficient (Wildman–Crippen LogP) is 4.05. The minimum absolute atomic E-state index is 0.0942. The zero-order valence-electron chi connectivity index (χ0n) is 16.2. The molecule has 2 aliphatic rings. The summed E-state index contributed by atoms with van der Waals surface area (Å²) in [7, 11) is 1.64. The van der Waals surface area contributed by atoms with Crippen molar-refractivity contribution in [2.45, 2.75) is 19.3 Å². The van der Waals surface area contributed by atoms with Crippen molar-refractivity contribution in [1.29, 1.82) is 0 Å². The lowest BCUT2D eigenvalue weighted by Gasteiger charge is -2.26. The Hall–Kier alpha value is -2.79. The molecule has 0 unspecified atom stereocenters. The van der Waals surface area contributed by atoms with Crippen LogP contribution in [0.15, 0.2) is 42.5 Å². The summed E-state index contributed by atoms with van der Waals surface area (Å²) in [6, 6.07) is 13.4. The maximum atomic E-state index is 12.5. The van der Waals surface area contributed by atoms with E-state index in [2.05, 4.69) is 10.2 Å². The molecule has 28 heavy (non-hydrogen) atoms. The summed E-state index contributed by atoms with van der Waals surface area (Å²) in [6.45, 7) is 3.86. The van der Waals surface area contributed by atoms with E-state index in [0.29, 0.717) is 12.2 Å². The summed E-state index contributed by atoms with van der Waals surface area (Å²) in [5.41, 5.74) is 3.24. The Balaban J connectivity index is 1.56. The number of anilines is 1. The molecule has 0 radical (unpaired) electrons. The quantitative estimate of drug-likeness (QED) is 0.771. The molecule has 2 aromatic rings. The van der Waals surface area contributed by atoms with Crippen molar-refractivity contribution in [3.05, 3.63) is 53.6 Å². The van der Waals surface area contributed by atoms with Gasteiger partial charge in [0.15, 0.2) is 0 Å². The van der Waals surface area contributed by atoms with E-state index in [-0.39, 0.29) is 5.91 Å². The van der Waals surface area contributed by atoms with E-state index >= 15 is 0 Å². The molecule has 0 saturated carbocycles. The molecule has 0 bridgehead atoms. The highest BCUT2D eigenvalue weighted by Gasteiger charge is 2.24. The number of amides is 1. The third-order valence-electron chi connectivity index (χ3n) is 5.34.